The maximum Gasteiger partial charge on any atom is 0.123 e. The first kappa shape index (κ1) is 13.6. The molecular formula is C16H20N2O. The predicted octanol–water partition coefficient (Wildman–Crippen LogP) is 2.98. The van der Waals surface area contributed by atoms with Crippen molar-refractivity contribution in [2.75, 3.05) is 13.7 Å². The summed E-state index contributed by atoms with van der Waals surface area (Å²) >= 11 is 0. The number of ether oxygens (including phenoxy) is 1. The summed E-state index contributed by atoms with van der Waals surface area (Å²) in [5.74, 6) is 0.921. The SMILES string of the molecule is CCNC(Cc1ccccn1)c1ccccc1OC. The standard InChI is InChI=1S/C16H20N2O/c1-3-17-15(12-13-8-6-7-11-18-13)14-9-4-5-10-16(14)19-2/h4-11,15,17H,3,12H2,1-2H3. The monoisotopic (exact) mass is 256 g/mol. The minimum Gasteiger partial charge on any atom is -0.496 e. The summed E-state index contributed by atoms with van der Waals surface area (Å²) in [6.45, 7) is 3.02. The van der Waals surface area contributed by atoms with Gasteiger partial charge in [-0.15, -0.1) is 0 Å². The van der Waals surface area contributed by atoms with Crippen LogP contribution in [0.4, 0.5) is 0 Å². The first-order valence-electron chi connectivity index (χ1n) is 6.61. The second kappa shape index (κ2) is 6.90. The van der Waals surface area contributed by atoms with Gasteiger partial charge in [0.1, 0.15) is 5.75 Å². The van der Waals surface area contributed by atoms with Crippen LogP contribution in [0.5, 0.6) is 5.75 Å². The number of likely N-dealkylation sites (N-methyl/N-ethyl adjacent to an activating group) is 1. The molecule has 0 amide bonds. The van der Waals surface area contributed by atoms with Crippen LogP contribution in [0.2, 0.25) is 0 Å². The molecule has 1 unspecified atom stereocenters. The van der Waals surface area contributed by atoms with E-state index in [9.17, 15) is 0 Å². The number of methoxy groups -OCH3 is 1. The number of nitrogens with one attached hydrogen (secondary N) is 1. The average molecular weight is 256 g/mol. The Kier molecular flexibility index (Phi) is 4.93. The first-order chi connectivity index (χ1) is 9.35. The summed E-state index contributed by atoms with van der Waals surface area (Å²) in [7, 11) is 1.71. The number of para-hydroxylation sites is 1. The van der Waals surface area contributed by atoms with Crippen molar-refractivity contribution in [2.24, 2.45) is 0 Å². The summed E-state index contributed by atoms with van der Waals surface area (Å²) in [6, 6.07) is 14.4. The molecule has 2 aromatic rings. The van der Waals surface area contributed by atoms with Gasteiger partial charge in [-0.1, -0.05) is 31.2 Å². The molecule has 3 heteroatoms. The van der Waals surface area contributed by atoms with Gasteiger partial charge in [-0.05, 0) is 24.7 Å². The van der Waals surface area contributed by atoms with Crippen LogP contribution in [-0.4, -0.2) is 18.6 Å². The van der Waals surface area contributed by atoms with Gasteiger partial charge in [-0.25, -0.2) is 0 Å². The summed E-state index contributed by atoms with van der Waals surface area (Å²) in [4.78, 5) is 4.40. The van der Waals surface area contributed by atoms with Gasteiger partial charge in [-0.2, -0.15) is 0 Å². The Balaban J connectivity index is 2.24. The first-order valence-corrected chi connectivity index (χ1v) is 6.61. The van der Waals surface area contributed by atoms with Crippen LogP contribution in [0.3, 0.4) is 0 Å². The molecule has 1 N–H and O–H groups in total. The summed E-state index contributed by atoms with van der Waals surface area (Å²) in [6.07, 6.45) is 2.69. The van der Waals surface area contributed by atoms with Gasteiger partial charge in [0.2, 0.25) is 0 Å². The van der Waals surface area contributed by atoms with Gasteiger partial charge in [0.25, 0.3) is 0 Å². The third-order valence-corrected chi connectivity index (χ3v) is 3.10. The summed E-state index contributed by atoms with van der Waals surface area (Å²) in [5.41, 5.74) is 2.26. The van der Waals surface area contributed by atoms with Gasteiger partial charge < -0.3 is 10.1 Å². The molecule has 1 aromatic heterocycles. The number of rotatable bonds is 6. The zero-order chi connectivity index (χ0) is 13.5. The lowest BCUT2D eigenvalue weighted by atomic mass is 10.0. The highest BCUT2D eigenvalue weighted by atomic mass is 16.5. The number of pyridine rings is 1. The van der Waals surface area contributed by atoms with Crippen LogP contribution < -0.4 is 10.1 Å². The van der Waals surface area contributed by atoms with Crippen molar-refractivity contribution in [2.45, 2.75) is 19.4 Å². The molecule has 0 saturated heterocycles. The number of benzene rings is 1. The van der Waals surface area contributed by atoms with E-state index >= 15 is 0 Å². The average Bonchev–Trinajstić information content (AvgIpc) is 2.48. The Morgan fingerprint density at radius 1 is 1.16 bits per heavy atom. The number of nitrogens with zero attached hydrogens (tertiary/aromatic N) is 1. The molecule has 3 nitrogen and oxygen atoms in total. The minimum atomic E-state index is 0.219. The third-order valence-electron chi connectivity index (χ3n) is 3.10. The van der Waals surface area contributed by atoms with Gasteiger partial charge in [0, 0.05) is 29.9 Å². The lowest BCUT2D eigenvalue weighted by molar-refractivity contribution is 0.399. The van der Waals surface area contributed by atoms with E-state index in [1.807, 2.05) is 36.5 Å². The second-order valence-corrected chi connectivity index (χ2v) is 4.38. The van der Waals surface area contributed by atoms with E-state index in [0.717, 1.165) is 24.4 Å². The van der Waals surface area contributed by atoms with E-state index in [1.54, 1.807) is 7.11 Å². The molecule has 2 rings (SSSR count). The van der Waals surface area contributed by atoms with Crippen molar-refractivity contribution in [3.63, 3.8) is 0 Å². The normalized spacial score (nSPS) is 12.1. The van der Waals surface area contributed by atoms with Crippen molar-refractivity contribution < 1.29 is 4.74 Å². The van der Waals surface area contributed by atoms with Crippen LogP contribution in [0.15, 0.2) is 48.7 Å². The van der Waals surface area contributed by atoms with Crippen molar-refractivity contribution in [3.8, 4) is 5.75 Å². The molecule has 0 aliphatic carbocycles. The van der Waals surface area contributed by atoms with Crippen molar-refractivity contribution in [1.82, 2.24) is 10.3 Å². The largest absolute Gasteiger partial charge is 0.496 e. The zero-order valence-corrected chi connectivity index (χ0v) is 11.5. The minimum absolute atomic E-state index is 0.219. The van der Waals surface area contributed by atoms with Crippen LogP contribution in [-0.2, 0) is 6.42 Å². The Bertz CT molecular complexity index is 499. The summed E-state index contributed by atoms with van der Waals surface area (Å²) < 4.78 is 5.45. The number of hydrogen-bond acceptors (Lipinski definition) is 3. The van der Waals surface area contributed by atoms with Crippen LogP contribution in [0.1, 0.15) is 24.2 Å². The highest BCUT2D eigenvalue weighted by Gasteiger charge is 2.15. The molecule has 0 fully saturated rings. The molecule has 0 bridgehead atoms. The fraction of sp³-hybridized carbons (Fsp3) is 0.312. The highest BCUT2D eigenvalue weighted by Crippen LogP contribution is 2.26. The van der Waals surface area contributed by atoms with E-state index in [4.69, 9.17) is 4.74 Å². The molecule has 0 saturated carbocycles. The molecule has 0 spiro atoms. The molecule has 1 atom stereocenters. The topological polar surface area (TPSA) is 34.2 Å². The maximum atomic E-state index is 5.45. The maximum absolute atomic E-state index is 5.45. The molecule has 0 radical (unpaired) electrons. The lowest BCUT2D eigenvalue weighted by Crippen LogP contribution is -2.23. The van der Waals surface area contributed by atoms with E-state index < -0.39 is 0 Å². The summed E-state index contributed by atoms with van der Waals surface area (Å²) in [5, 5.41) is 3.50. The van der Waals surface area contributed by atoms with E-state index in [2.05, 4.69) is 29.4 Å². The lowest BCUT2D eigenvalue weighted by Gasteiger charge is -2.20. The smallest absolute Gasteiger partial charge is 0.123 e. The molecule has 0 aliphatic heterocycles. The Hall–Kier alpha value is -1.87. The van der Waals surface area contributed by atoms with Gasteiger partial charge in [0.05, 0.1) is 7.11 Å². The molecule has 1 heterocycles. The quantitative estimate of drug-likeness (QED) is 0.862. The molecule has 1 aromatic carbocycles. The van der Waals surface area contributed by atoms with E-state index in [-0.39, 0.29) is 6.04 Å². The fourth-order valence-corrected chi connectivity index (χ4v) is 2.22. The Labute approximate surface area is 114 Å². The number of hydrogen-bond donors (Lipinski definition) is 1. The van der Waals surface area contributed by atoms with Crippen LogP contribution in [0.25, 0.3) is 0 Å². The Morgan fingerprint density at radius 2 is 1.95 bits per heavy atom. The van der Waals surface area contributed by atoms with Gasteiger partial charge >= 0.3 is 0 Å². The van der Waals surface area contributed by atoms with Crippen molar-refractivity contribution >= 4 is 0 Å². The third kappa shape index (κ3) is 3.55. The molecular weight excluding hydrogens is 236 g/mol. The van der Waals surface area contributed by atoms with E-state index in [1.165, 1.54) is 5.56 Å². The number of aromatic nitrogens is 1. The van der Waals surface area contributed by atoms with Crippen molar-refractivity contribution in [1.29, 1.82) is 0 Å². The van der Waals surface area contributed by atoms with Gasteiger partial charge in [-0.3, -0.25) is 4.98 Å². The molecule has 100 valence electrons. The fourth-order valence-electron chi connectivity index (χ4n) is 2.22. The van der Waals surface area contributed by atoms with E-state index in [0.29, 0.717) is 0 Å². The van der Waals surface area contributed by atoms with Crippen molar-refractivity contribution in [3.05, 3.63) is 59.9 Å². The highest BCUT2D eigenvalue weighted by molar-refractivity contribution is 5.36. The predicted molar refractivity (Wildman–Crippen MR) is 77.4 cm³/mol. The van der Waals surface area contributed by atoms with Crippen LogP contribution >= 0.6 is 0 Å². The van der Waals surface area contributed by atoms with Gasteiger partial charge in [0.15, 0.2) is 0 Å². The molecule has 0 aliphatic rings. The van der Waals surface area contributed by atoms with Crippen LogP contribution in [0, 0.1) is 0 Å². The second-order valence-electron chi connectivity index (χ2n) is 4.38. The Morgan fingerprint density at radius 3 is 2.63 bits per heavy atom. The zero-order valence-electron chi connectivity index (χ0n) is 11.5. The molecule has 19 heavy (non-hydrogen) atoms.